The molecule has 4 nitrogen and oxygen atoms in total. The number of anilines is 1. The molecule has 1 N–H and O–H groups in total. The zero-order chi connectivity index (χ0) is 11.7. The molecule has 1 aromatic carbocycles. The molecule has 2 amide bonds. The van der Waals surface area contributed by atoms with Crippen LogP contribution in [0.1, 0.15) is 0 Å². The van der Waals surface area contributed by atoms with E-state index in [1.54, 1.807) is 4.90 Å². The maximum absolute atomic E-state index is 11.3. The number of carbonyl (C=O) groups excluding carboxylic acids is 2. The first-order chi connectivity index (χ1) is 7.58. The first-order valence-corrected chi connectivity index (χ1v) is 6.18. The number of imide groups is 1. The van der Waals surface area contributed by atoms with E-state index >= 15 is 0 Å². The number of rotatable bonds is 1. The molecule has 0 radical (unpaired) electrons. The fourth-order valence-electron chi connectivity index (χ4n) is 1.59. The van der Waals surface area contributed by atoms with Gasteiger partial charge in [-0.15, -0.1) is 0 Å². The van der Waals surface area contributed by atoms with Crippen LogP contribution in [0.5, 0.6) is 0 Å². The molecule has 6 heteroatoms. The zero-order valence-electron chi connectivity index (χ0n) is 8.17. The van der Waals surface area contributed by atoms with E-state index in [1.165, 1.54) is 0 Å². The van der Waals surface area contributed by atoms with Gasteiger partial charge >= 0.3 is 0 Å². The summed E-state index contributed by atoms with van der Waals surface area (Å²) in [5.74, 6) is -0.558. The summed E-state index contributed by atoms with van der Waals surface area (Å²) in [5.41, 5.74) is 0.825. The third-order valence-electron chi connectivity index (χ3n) is 2.20. The van der Waals surface area contributed by atoms with Gasteiger partial charge in [-0.05, 0) is 44.0 Å². The number of benzene rings is 1. The van der Waals surface area contributed by atoms with Gasteiger partial charge in [0.25, 0.3) is 0 Å². The average Bonchev–Trinajstić information content (AvgIpc) is 2.15. The number of amides is 2. The van der Waals surface area contributed by atoms with Crippen LogP contribution in [0.15, 0.2) is 27.1 Å². The molecule has 0 atom stereocenters. The lowest BCUT2D eigenvalue weighted by Gasteiger charge is -2.29. The molecule has 1 saturated heterocycles. The maximum atomic E-state index is 11.3. The topological polar surface area (TPSA) is 49.4 Å². The molecule has 84 valence electrons. The summed E-state index contributed by atoms with van der Waals surface area (Å²) in [5, 5.41) is 2.27. The van der Waals surface area contributed by atoms with Crippen molar-refractivity contribution in [2.75, 3.05) is 18.0 Å². The number of hydrogen-bond acceptors (Lipinski definition) is 3. The summed E-state index contributed by atoms with van der Waals surface area (Å²) < 4.78 is 1.70. The minimum absolute atomic E-state index is 0.187. The maximum Gasteiger partial charge on any atom is 0.246 e. The minimum atomic E-state index is -0.279. The average molecular weight is 348 g/mol. The van der Waals surface area contributed by atoms with Crippen LogP contribution >= 0.6 is 31.9 Å². The molecule has 0 saturated carbocycles. The highest BCUT2D eigenvalue weighted by Crippen LogP contribution is 2.34. The van der Waals surface area contributed by atoms with Gasteiger partial charge in [-0.3, -0.25) is 14.9 Å². The summed E-state index contributed by atoms with van der Waals surface area (Å²) in [6.45, 7) is 0.375. The van der Waals surface area contributed by atoms with E-state index in [0.717, 1.165) is 14.6 Å². The smallest absolute Gasteiger partial charge is 0.246 e. The number of para-hydroxylation sites is 1. The Hall–Kier alpha value is -0.880. The van der Waals surface area contributed by atoms with Crippen LogP contribution in [0.4, 0.5) is 5.69 Å². The second kappa shape index (κ2) is 4.55. The van der Waals surface area contributed by atoms with Gasteiger partial charge in [-0.2, -0.15) is 0 Å². The molecule has 2 rings (SSSR count). The van der Waals surface area contributed by atoms with E-state index < -0.39 is 0 Å². The molecule has 0 aromatic heterocycles. The van der Waals surface area contributed by atoms with Crippen molar-refractivity contribution in [2.24, 2.45) is 0 Å². The summed E-state index contributed by atoms with van der Waals surface area (Å²) in [6.07, 6.45) is 0. The fourth-order valence-corrected chi connectivity index (χ4v) is 3.09. The third kappa shape index (κ3) is 2.27. The highest BCUT2D eigenvalue weighted by atomic mass is 79.9. The number of piperazine rings is 1. The standard InChI is InChI=1S/C10H8Br2N2O2/c11-6-2-1-3-7(12)10(6)14-4-8(15)13-9(16)5-14/h1-3H,4-5H2,(H,13,15,16). The predicted octanol–water partition coefficient (Wildman–Crippen LogP) is 1.67. The number of halogens is 2. The summed E-state index contributed by atoms with van der Waals surface area (Å²) in [6, 6.07) is 5.62. The lowest BCUT2D eigenvalue weighted by Crippen LogP contribution is -2.51. The van der Waals surface area contributed by atoms with E-state index in [1.807, 2.05) is 18.2 Å². The minimum Gasteiger partial charge on any atom is -0.351 e. The Morgan fingerprint density at radius 2 is 1.56 bits per heavy atom. The van der Waals surface area contributed by atoms with Crippen LogP contribution in [0, 0.1) is 0 Å². The predicted molar refractivity (Wildman–Crippen MR) is 67.2 cm³/mol. The Balaban J connectivity index is 2.36. The monoisotopic (exact) mass is 346 g/mol. The van der Waals surface area contributed by atoms with Crippen LogP contribution in [0.2, 0.25) is 0 Å². The molecule has 0 spiro atoms. The van der Waals surface area contributed by atoms with E-state index in [4.69, 9.17) is 0 Å². The molecular weight excluding hydrogens is 340 g/mol. The van der Waals surface area contributed by atoms with Crippen molar-refractivity contribution in [1.82, 2.24) is 5.32 Å². The molecule has 1 aliphatic rings. The second-order valence-electron chi connectivity index (χ2n) is 3.40. The normalized spacial score (nSPS) is 16.2. The van der Waals surface area contributed by atoms with E-state index in [0.29, 0.717) is 0 Å². The Labute approximate surface area is 109 Å². The van der Waals surface area contributed by atoms with Gasteiger partial charge in [-0.1, -0.05) is 6.07 Å². The Morgan fingerprint density at radius 1 is 1.06 bits per heavy atom. The van der Waals surface area contributed by atoms with Crippen molar-refractivity contribution >= 4 is 49.4 Å². The van der Waals surface area contributed by atoms with Crippen LogP contribution in [0.25, 0.3) is 0 Å². The van der Waals surface area contributed by atoms with Gasteiger partial charge in [-0.25, -0.2) is 0 Å². The number of nitrogens with zero attached hydrogens (tertiary/aromatic N) is 1. The first-order valence-electron chi connectivity index (χ1n) is 4.59. The van der Waals surface area contributed by atoms with Gasteiger partial charge in [0.15, 0.2) is 0 Å². The van der Waals surface area contributed by atoms with Gasteiger partial charge in [0.05, 0.1) is 18.8 Å². The molecule has 1 fully saturated rings. The molecule has 0 aliphatic carbocycles. The summed E-state index contributed by atoms with van der Waals surface area (Å²) in [7, 11) is 0. The van der Waals surface area contributed by atoms with Gasteiger partial charge < -0.3 is 4.90 Å². The van der Waals surface area contributed by atoms with Crippen molar-refractivity contribution in [3.8, 4) is 0 Å². The van der Waals surface area contributed by atoms with E-state index in [2.05, 4.69) is 37.2 Å². The van der Waals surface area contributed by atoms with Crippen molar-refractivity contribution in [2.45, 2.75) is 0 Å². The van der Waals surface area contributed by atoms with Crippen LogP contribution in [0.3, 0.4) is 0 Å². The van der Waals surface area contributed by atoms with Crippen LogP contribution < -0.4 is 10.2 Å². The fraction of sp³-hybridized carbons (Fsp3) is 0.200. The van der Waals surface area contributed by atoms with Crippen molar-refractivity contribution in [1.29, 1.82) is 0 Å². The molecule has 16 heavy (non-hydrogen) atoms. The molecule has 0 bridgehead atoms. The van der Waals surface area contributed by atoms with Gasteiger partial charge in [0.1, 0.15) is 0 Å². The zero-order valence-corrected chi connectivity index (χ0v) is 11.3. The van der Waals surface area contributed by atoms with Crippen molar-refractivity contribution < 1.29 is 9.59 Å². The number of hydrogen-bond donors (Lipinski definition) is 1. The molecular formula is C10H8Br2N2O2. The van der Waals surface area contributed by atoms with Crippen LogP contribution in [-0.4, -0.2) is 24.9 Å². The lowest BCUT2D eigenvalue weighted by atomic mass is 10.2. The lowest BCUT2D eigenvalue weighted by molar-refractivity contribution is -0.130. The largest absolute Gasteiger partial charge is 0.351 e. The van der Waals surface area contributed by atoms with Crippen molar-refractivity contribution in [3.63, 3.8) is 0 Å². The SMILES string of the molecule is O=C1CN(c2c(Br)cccc2Br)CC(=O)N1. The highest BCUT2D eigenvalue weighted by Gasteiger charge is 2.25. The second-order valence-corrected chi connectivity index (χ2v) is 5.11. The summed E-state index contributed by atoms with van der Waals surface area (Å²) in [4.78, 5) is 24.3. The molecule has 1 aliphatic heterocycles. The Bertz CT molecular complexity index is 426. The number of carbonyl (C=O) groups is 2. The molecule has 1 aromatic rings. The van der Waals surface area contributed by atoms with Gasteiger partial charge in [0.2, 0.25) is 11.8 Å². The molecule has 0 unspecified atom stereocenters. The van der Waals surface area contributed by atoms with Crippen LogP contribution in [-0.2, 0) is 9.59 Å². The first kappa shape index (κ1) is 11.6. The van der Waals surface area contributed by atoms with E-state index in [-0.39, 0.29) is 24.9 Å². The Morgan fingerprint density at radius 3 is 2.06 bits per heavy atom. The number of nitrogens with one attached hydrogen (secondary N) is 1. The summed E-state index contributed by atoms with van der Waals surface area (Å²) >= 11 is 6.82. The van der Waals surface area contributed by atoms with Gasteiger partial charge in [0, 0.05) is 8.95 Å². The quantitative estimate of drug-likeness (QED) is 0.786. The Kier molecular flexibility index (Phi) is 3.30. The molecule has 1 heterocycles. The third-order valence-corrected chi connectivity index (χ3v) is 3.48. The highest BCUT2D eigenvalue weighted by molar-refractivity contribution is 9.11. The van der Waals surface area contributed by atoms with Crippen molar-refractivity contribution in [3.05, 3.63) is 27.1 Å². The van der Waals surface area contributed by atoms with E-state index in [9.17, 15) is 9.59 Å².